The van der Waals surface area contributed by atoms with E-state index in [9.17, 15) is 14.4 Å². The fraction of sp³-hybridized carbons (Fsp3) is 0.333. The third-order valence-corrected chi connectivity index (χ3v) is 6.55. The number of carbonyl (C=O) groups excluding carboxylic acids is 3. The summed E-state index contributed by atoms with van der Waals surface area (Å²) in [6.45, 7) is 6.52. The first-order chi connectivity index (χ1) is 21.4. The zero-order valence-corrected chi connectivity index (χ0v) is 25.7. The van der Waals surface area contributed by atoms with Crippen molar-refractivity contribution in [1.29, 1.82) is 5.41 Å². The monoisotopic (exact) mass is 601 g/mol. The van der Waals surface area contributed by atoms with Crippen LogP contribution in [-0.4, -0.2) is 44.8 Å². The van der Waals surface area contributed by atoms with E-state index < -0.39 is 11.9 Å². The smallest absolute Gasteiger partial charge is 0.343 e. The van der Waals surface area contributed by atoms with Crippen molar-refractivity contribution in [2.24, 2.45) is 0 Å². The van der Waals surface area contributed by atoms with Gasteiger partial charge >= 0.3 is 11.9 Å². The second-order valence-electron chi connectivity index (χ2n) is 9.91. The lowest BCUT2D eigenvalue weighted by Gasteiger charge is -2.08. The van der Waals surface area contributed by atoms with E-state index in [-0.39, 0.29) is 0 Å². The average Bonchev–Trinajstić information content (AvgIpc) is 3.06. The highest BCUT2D eigenvalue weighted by Gasteiger charge is 2.09. The summed E-state index contributed by atoms with van der Waals surface area (Å²) in [6, 6.07) is 19.1. The fourth-order valence-corrected chi connectivity index (χ4v) is 4.08. The molecule has 3 aromatic rings. The van der Waals surface area contributed by atoms with Crippen LogP contribution in [0.4, 0.5) is 0 Å². The number of hydrogen-bond donors (Lipinski definition) is 1. The zero-order valence-electron chi connectivity index (χ0n) is 25.7. The van der Waals surface area contributed by atoms with E-state index in [0.717, 1.165) is 55.8 Å². The van der Waals surface area contributed by atoms with E-state index in [1.807, 2.05) is 12.1 Å². The van der Waals surface area contributed by atoms with Crippen LogP contribution in [-0.2, 0) is 16.0 Å². The molecule has 0 heterocycles. The molecule has 0 amide bonds. The van der Waals surface area contributed by atoms with Crippen LogP contribution < -0.4 is 14.2 Å². The standard InChI is InChI=1S/C23H24O6.C13H19NO/c1-2-22(25)28-16-6-4-3-5-15-27-20-13-9-19(10-14-20)23(26)29-21-11-7-18(17-24)8-12-21;1-3-4-5-6-11-7-8-13(15-2)12(9-11)10-14/h2,7-14,17H,1,3-6,15-16H2;7-10,14H,3-6H2,1-2H3. The van der Waals surface area contributed by atoms with Crippen LogP contribution in [0.2, 0.25) is 0 Å². The van der Waals surface area contributed by atoms with Gasteiger partial charge in [-0.2, -0.15) is 0 Å². The van der Waals surface area contributed by atoms with Gasteiger partial charge in [-0.05, 0) is 105 Å². The Bertz CT molecular complexity index is 1320. The lowest BCUT2D eigenvalue weighted by Crippen LogP contribution is -2.08. The van der Waals surface area contributed by atoms with Gasteiger partial charge in [0.1, 0.15) is 23.5 Å². The maximum Gasteiger partial charge on any atom is 0.343 e. The average molecular weight is 602 g/mol. The Balaban J connectivity index is 0.000000378. The van der Waals surface area contributed by atoms with Crippen LogP contribution in [0.3, 0.4) is 0 Å². The summed E-state index contributed by atoms with van der Waals surface area (Å²) in [5.74, 6) is 0.963. The van der Waals surface area contributed by atoms with Crippen LogP contribution in [0, 0.1) is 5.41 Å². The van der Waals surface area contributed by atoms with Gasteiger partial charge in [-0.25, -0.2) is 9.59 Å². The molecule has 0 radical (unpaired) electrons. The Kier molecular flexibility index (Phi) is 17.0. The van der Waals surface area contributed by atoms with Crippen molar-refractivity contribution in [3.05, 3.63) is 102 Å². The first-order valence-electron chi connectivity index (χ1n) is 14.9. The molecule has 0 aliphatic heterocycles. The number of methoxy groups -OCH3 is 1. The van der Waals surface area contributed by atoms with Crippen LogP contribution in [0.1, 0.15) is 83.7 Å². The van der Waals surface area contributed by atoms with Crippen LogP contribution in [0.5, 0.6) is 17.2 Å². The first kappa shape index (κ1) is 35.5. The molecule has 8 nitrogen and oxygen atoms in total. The SMILES string of the molecule is C=CC(=O)OCCCCCCOc1ccc(C(=O)Oc2ccc(C=O)cc2)cc1.CCCCCc1ccc(OC)c(C=N)c1. The molecule has 8 heteroatoms. The molecule has 0 atom stereocenters. The molecule has 234 valence electrons. The Morgan fingerprint density at radius 3 is 2.14 bits per heavy atom. The number of rotatable bonds is 18. The number of nitrogens with one attached hydrogen (secondary N) is 1. The van der Waals surface area contributed by atoms with Crippen LogP contribution >= 0.6 is 0 Å². The number of benzene rings is 3. The number of carbonyl (C=O) groups is 3. The maximum absolute atomic E-state index is 12.2. The molecular formula is C36H43NO7. The minimum Gasteiger partial charge on any atom is -0.496 e. The van der Waals surface area contributed by atoms with E-state index in [0.29, 0.717) is 35.8 Å². The van der Waals surface area contributed by atoms with Crippen molar-refractivity contribution >= 4 is 24.4 Å². The second kappa shape index (κ2) is 21.0. The molecule has 3 aromatic carbocycles. The summed E-state index contributed by atoms with van der Waals surface area (Å²) in [5.41, 5.74) is 3.09. The summed E-state index contributed by atoms with van der Waals surface area (Å²) in [4.78, 5) is 33.7. The highest BCUT2D eigenvalue weighted by Crippen LogP contribution is 2.19. The quantitative estimate of drug-likeness (QED) is 0.0395. The normalized spacial score (nSPS) is 10.0. The molecule has 0 aromatic heterocycles. The van der Waals surface area contributed by atoms with E-state index in [2.05, 4.69) is 19.6 Å². The van der Waals surface area contributed by atoms with Crippen LogP contribution in [0.25, 0.3) is 0 Å². The molecule has 0 aliphatic carbocycles. The largest absolute Gasteiger partial charge is 0.496 e. The van der Waals surface area contributed by atoms with E-state index in [1.54, 1.807) is 55.6 Å². The summed E-state index contributed by atoms with van der Waals surface area (Å²) < 4.78 is 21.0. The predicted octanol–water partition coefficient (Wildman–Crippen LogP) is 7.81. The van der Waals surface area contributed by atoms with Gasteiger partial charge in [-0.1, -0.05) is 32.4 Å². The van der Waals surface area contributed by atoms with Gasteiger partial charge in [0.05, 0.1) is 25.9 Å². The van der Waals surface area contributed by atoms with Crippen LogP contribution in [0.15, 0.2) is 79.4 Å². The molecule has 0 bridgehead atoms. The van der Waals surface area contributed by atoms with Crippen molar-refractivity contribution in [1.82, 2.24) is 0 Å². The van der Waals surface area contributed by atoms with Gasteiger partial charge in [0.15, 0.2) is 0 Å². The summed E-state index contributed by atoms with van der Waals surface area (Å²) >= 11 is 0. The van der Waals surface area contributed by atoms with Crippen molar-refractivity contribution in [3.63, 3.8) is 0 Å². The Labute approximate surface area is 260 Å². The maximum atomic E-state index is 12.2. The van der Waals surface area contributed by atoms with Crippen molar-refractivity contribution < 1.29 is 33.3 Å². The molecular weight excluding hydrogens is 558 g/mol. The topological polar surface area (TPSA) is 112 Å². The molecule has 0 aliphatic rings. The molecule has 0 spiro atoms. The van der Waals surface area contributed by atoms with Crippen molar-refractivity contribution in [2.45, 2.75) is 58.3 Å². The second-order valence-corrected chi connectivity index (χ2v) is 9.91. The molecule has 1 N–H and O–H groups in total. The number of esters is 2. The fourth-order valence-electron chi connectivity index (χ4n) is 4.08. The minimum atomic E-state index is -0.479. The van der Waals surface area contributed by atoms with Gasteiger partial charge in [0, 0.05) is 23.4 Å². The third-order valence-electron chi connectivity index (χ3n) is 6.55. The number of aldehydes is 1. The van der Waals surface area contributed by atoms with Gasteiger partial charge in [-0.15, -0.1) is 0 Å². The Morgan fingerprint density at radius 2 is 1.52 bits per heavy atom. The van der Waals surface area contributed by atoms with Crippen molar-refractivity contribution in [3.8, 4) is 17.2 Å². The minimum absolute atomic E-state index is 0.375. The highest BCUT2D eigenvalue weighted by molar-refractivity contribution is 5.91. The number of unbranched alkanes of at least 4 members (excludes halogenated alkanes) is 5. The van der Waals surface area contributed by atoms with E-state index in [1.165, 1.54) is 31.0 Å². The lowest BCUT2D eigenvalue weighted by atomic mass is 10.0. The van der Waals surface area contributed by atoms with Gasteiger partial charge < -0.3 is 24.4 Å². The molecule has 3 rings (SSSR count). The molecule has 0 fully saturated rings. The first-order valence-corrected chi connectivity index (χ1v) is 14.9. The lowest BCUT2D eigenvalue weighted by molar-refractivity contribution is -0.137. The summed E-state index contributed by atoms with van der Waals surface area (Å²) in [7, 11) is 1.64. The van der Waals surface area contributed by atoms with Gasteiger partial charge in [0.2, 0.25) is 0 Å². The summed E-state index contributed by atoms with van der Waals surface area (Å²) in [5, 5.41) is 7.29. The Hall–Kier alpha value is -4.72. The van der Waals surface area contributed by atoms with Gasteiger partial charge in [-0.3, -0.25) is 4.79 Å². The third kappa shape index (κ3) is 13.5. The molecule has 44 heavy (non-hydrogen) atoms. The molecule has 0 saturated carbocycles. The van der Waals surface area contributed by atoms with E-state index in [4.69, 9.17) is 24.4 Å². The number of ether oxygens (including phenoxy) is 4. The van der Waals surface area contributed by atoms with E-state index >= 15 is 0 Å². The Morgan fingerprint density at radius 1 is 0.841 bits per heavy atom. The highest BCUT2D eigenvalue weighted by atomic mass is 16.5. The predicted molar refractivity (Wildman–Crippen MR) is 172 cm³/mol. The molecule has 0 unspecified atom stereocenters. The number of hydrogen-bond acceptors (Lipinski definition) is 8. The molecule has 0 saturated heterocycles. The summed E-state index contributed by atoms with van der Waals surface area (Å²) in [6.07, 6.45) is 11.7. The van der Waals surface area contributed by atoms with Gasteiger partial charge in [0.25, 0.3) is 0 Å². The van der Waals surface area contributed by atoms with Crippen molar-refractivity contribution in [2.75, 3.05) is 20.3 Å². The zero-order chi connectivity index (χ0) is 32.0. The number of aryl methyl sites for hydroxylation is 1.